The molecule has 0 saturated carbocycles. The van der Waals surface area contributed by atoms with E-state index in [0.29, 0.717) is 10.7 Å². The molecule has 0 bridgehead atoms. The molecule has 5 heteroatoms. The van der Waals surface area contributed by atoms with Crippen molar-refractivity contribution in [1.29, 1.82) is 0 Å². The maximum atomic E-state index is 13.1. The molecule has 0 aliphatic rings. The molecule has 1 amide bonds. The zero-order valence-electron chi connectivity index (χ0n) is 14.9. The van der Waals surface area contributed by atoms with Crippen LogP contribution in [0.25, 0.3) is 0 Å². The van der Waals surface area contributed by atoms with Gasteiger partial charge in [0.2, 0.25) is 0 Å². The molecule has 3 rings (SSSR count). The Hall–Kier alpha value is -2.69. The van der Waals surface area contributed by atoms with Crippen LogP contribution in [-0.2, 0) is 4.79 Å². The summed E-state index contributed by atoms with van der Waals surface area (Å²) in [5.74, 6) is -0.516. The molecule has 3 nitrogen and oxygen atoms in total. The standard InChI is InChI=1S/C22H20ClFN2O/c1-15(19-9-5-6-10-20(19)23)25-21(16-7-3-2-4-8-16)22(27)26-18-13-11-17(24)12-14-18/h2-15,21,25H,1H3,(H,26,27)/p+1/t15-,21+/m1/s1. The van der Waals surface area contributed by atoms with E-state index in [1.807, 2.05) is 66.8 Å². The Morgan fingerprint density at radius 3 is 2.26 bits per heavy atom. The number of nitrogens with one attached hydrogen (secondary N) is 1. The molecular formula is C22H21ClFN2O+. The number of hydrogen-bond acceptors (Lipinski definition) is 1. The van der Waals surface area contributed by atoms with Crippen LogP contribution in [-0.4, -0.2) is 5.91 Å². The molecule has 0 heterocycles. The minimum atomic E-state index is -0.470. The van der Waals surface area contributed by atoms with Gasteiger partial charge in [0.05, 0.1) is 0 Å². The van der Waals surface area contributed by atoms with Gasteiger partial charge in [0, 0.05) is 21.8 Å². The third-order valence-electron chi connectivity index (χ3n) is 4.43. The zero-order valence-corrected chi connectivity index (χ0v) is 15.7. The summed E-state index contributed by atoms with van der Waals surface area (Å²) < 4.78 is 13.1. The average Bonchev–Trinajstić information content (AvgIpc) is 2.68. The van der Waals surface area contributed by atoms with Gasteiger partial charge in [-0.15, -0.1) is 0 Å². The third-order valence-corrected chi connectivity index (χ3v) is 4.77. The smallest absolute Gasteiger partial charge is 0.287 e. The number of anilines is 1. The second kappa shape index (κ2) is 8.80. The molecule has 0 radical (unpaired) electrons. The largest absolute Gasteiger partial charge is 0.326 e. The van der Waals surface area contributed by atoms with E-state index in [-0.39, 0.29) is 17.8 Å². The van der Waals surface area contributed by atoms with E-state index in [1.54, 1.807) is 12.1 Å². The Labute approximate surface area is 163 Å². The van der Waals surface area contributed by atoms with Crippen LogP contribution in [0.4, 0.5) is 10.1 Å². The summed E-state index contributed by atoms with van der Waals surface area (Å²) in [7, 11) is 0. The van der Waals surface area contributed by atoms with E-state index >= 15 is 0 Å². The van der Waals surface area contributed by atoms with E-state index in [0.717, 1.165) is 11.1 Å². The first-order valence-corrected chi connectivity index (χ1v) is 9.13. The van der Waals surface area contributed by atoms with E-state index in [4.69, 9.17) is 11.6 Å². The second-order valence-electron chi connectivity index (χ2n) is 6.39. The first-order valence-electron chi connectivity index (χ1n) is 8.75. The second-order valence-corrected chi connectivity index (χ2v) is 6.79. The summed E-state index contributed by atoms with van der Waals surface area (Å²) in [5, 5.41) is 5.52. The lowest BCUT2D eigenvalue weighted by atomic mass is 10.0. The van der Waals surface area contributed by atoms with Crippen molar-refractivity contribution in [3.63, 3.8) is 0 Å². The minimum Gasteiger partial charge on any atom is -0.326 e. The number of nitrogens with two attached hydrogens (primary N) is 1. The van der Waals surface area contributed by atoms with Crippen LogP contribution in [0, 0.1) is 5.82 Å². The van der Waals surface area contributed by atoms with Crippen molar-refractivity contribution < 1.29 is 14.5 Å². The average molecular weight is 384 g/mol. The molecule has 3 N–H and O–H groups in total. The number of rotatable bonds is 6. The summed E-state index contributed by atoms with van der Waals surface area (Å²) in [5.41, 5.74) is 2.41. The van der Waals surface area contributed by atoms with E-state index in [2.05, 4.69) is 5.32 Å². The van der Waals surface area contributed by atoms with Crippen LogP contribution in [0.2, 0.25) is 5.02 Å². The minimum absolute atomic E-state index is 0.0251. The van der Waals surface area contributed by atoms with Crippen LogP contribution in [0.15, 0.2) is 78.9 Å². The highest BCUT2D eigenvalue weighted by Gasteiger charge is 2.27. The zero-order chi connectivity index (χ0) is 19.2. The van der Waals surface area contributed by atoms with Crippen LogP contribution in [0.1, 0.15) is 30.1 Å². The lowest BCUT2D eigenvalue weighted by molar-refractivity contribution is -0.718. The van der Waals surface area contributed by atoms with Gasteiger partial charge in [-0.25, -0.2) is 4.39 Å². The Bertz CT molecular complexity index is 900. The van der Waals surface area contributed by atoms with Crippen molar-refractivity contribution >= 4 is 23.2 Å². The number of carbonyl (C=O) groups excluding carboxylic acids is 1. The summed E-state index contributed by atoms with van der Waals surface area (Å²) in [6, 6.07) is 22.4. The molecule has 0 spiro atoms. The van der Waals surface area contributed by atoms with Gasteiger partial charge in [0.25, 0.3) is 5.91 Å². The molecule has 0 aliphatic heterocycles. The van der Waals surface area contributed by atoms with Gasteiger partial charge >= 0.3 is 0 Å². The number of benzene rings is 3. The van der Waals surface area contributed by atoms with Crippen molar-refractivity contribution in [2.24, 2.45) is 0 Å². The van der Waals surface area contributed by atoms with E-state index in [1.165, 1.54) is 12.1 Å². The van der Waals surface area contributed by atoms with Gasteiger partial charge in [0.1, 0.15) is 11.9 Å². The van der Waals surface area contributed by atoms with Gasteiger partial charge in [-0.05, 0) is 37.3 Å². The Kier molecular flexibility index (Phi) is 6.22. The molecule has 2 atom stereocenters. The highest BCUT2D eigenvalue weighted by atomic mass is 35.5. The Morgan fingerprint density at radius 1 is 0.963 bits per heavy atom. The Balaban J connectivity index is 1.84. The monoisotopic (exact) mass is 383 g/mol. The molecule has 3 aromatic rings. The quantitative estimate of drug-likeness (QED) is 0.647. The predicted octanol–water partition coefficient (Wildman–Crippen LogP) is 4.48. The Morgan fingerprint density at radius 2 is 1.59 bits per heavy atom. The van der Waals surface area contributed by atoms with Gasteiger partial charge in [0.15, 0.2) is 6.04 Å². The third kappa shape index (κ3) is 4.94. The van der Waals surface area contributed by atoms with E-state index < -0.39 is 6.04 Å². The molecule has 0 aliphatic carbocycles. The molecule has 138 valence electrons. The summed E-state index contributed by atoms with van der Waals surface area (Å²) >= 11 is 6.32. The number of halogens is 2. The van der Waals surface area contributed by atoms with Crippen LogP contribution in [0.5, 0.6) is 0 Å². The van der Waals surface area contributed by atoms with Gasteiger partial charge < -0.3 is 10.6 Å². The molecule has 0 unspecified atom stereocenters. The van der Waals surface area contributed by atoms with Crippen LogP contribution >= 0.6 is 11.6 Å². The first-order chi connectivity index (χ1) is 13.0. The highest BCUT2D eigenvalue weighted by Crippen LogP contribution is 2.21. The summed E-state index contributed by atoms with van der Waals surface area (Å²) in [4.78, 5) is 13.0. The van der Waals surface area contributed by atoms with Crippen molar-refractivity contribution in [2.45, 2.75) is 19.0 Å². The maximum Gasteiger partial charge on any atom is 0.287 e. The lowest BCUT2D eigenvalue weighted by Gasteiger charge is -2.21. The molecule has 0 fully saturated rings. The predicted molar refractivity (Wildman–Crippen MR) is 106 cm³/mol. The van der Waals surface area contributed by atoms with Crippen molar-refractivity contribution in [3.05, 3.63) is 101 Å². The fourth-order valence-electron chi connectivity index (χ4n) is 3.00. The van der Waals surface area contributed by atoms with Crippen molar-refractivity contribution in [1.82, 2.24) is 0 Å². The topological polar surface area (TPSA) is 45.7 Å². The van der Waals surface area contributed by atoms with Gasteiger partial charge in [-0.1, -0.05) is 60.1 Å². The number of amides is 1. The highest BCUT2D eigenvalue weighted by molar-refractivity contribution is 6.31. The number of quaternary nitrogens is 1. The number of hydrogen-bond donors (Lipinski definition) is 2. The SMILES string of the molecule is C[C@@H]([NH2+][C@H](C(=O)Nc1ccc(F)cc1)c1ccccc1)c1ccccc1Cl. The van der Waals surface area contributed by atoms with Gasteiger partial charge in [-0.3, -0.25) is 4.79 Å². The normalized spacial score (nSPS) is 13.0. The van der Waals surface area contributed by atoms with Crippen LogP contribution in [0.3, 0.4) is 0 Å². The molecule has 0 aromatic heterocycles. The fraction of sp³-hybridized carbons (Fsp3) is 0.136. The van der Waals surface area contributed by atoms with Crippen LogP contribution < -0.4 is 10.6 Å². The van der Waals surface area contributed by atoms with Crippen molar-refractivity contribution in [2.75, 3.05) is 5.32 Å². The molecule has 0 saturated heterocycles. The first kappa shape index (κ1) is 19.1. The lowest BCUT2D eigenvalue weighted by Crippen LogP contribution is -2.87. The summed E-state index contributed by atoms with van der Waals surface area (Å²) in [6.45, 7) is 2.02. The molecule has 3 aromatic carbocycles. The molecule has 27 heavy (non-hydrogen) atoms. The maximum absolute atomic E-state index is 13.1. The van der Waals surface area contributed by atoms with E-state index in [9.17, 15) is 9.18 Å². The van der Waals surface area contributed by atoms with Gasteiger partial charge in [-0.2, -0.15) is 0 Å². The summed E-state index contributed by atoms with van der Waals surface area (Å²) in [6.07, 6.45) is 0. The fourth-order valence-corrected chi connectivity index (χ4v) is 3.31. The molecular weight excluding hydrogens is 363 g/mol. The van der Waals surface area contributed by atoms with Crippen molar-refractivity contribution in [3.8, 4) is 0 Å². The number of carbonyl (C=O) groups is 1.